The maximum absolute atomic E-state index is 13.3. The van der Waals surface area contributed by atoms with Gasteiger partial charge >= 0.3 is 0 Å². The molecular weight excluding hydrogens is 221 g/mol. The Labute approximate surface area is 99.7 Å². The number of nitrogens with one attached hydrogen (secondary N) is 1. The number of anilines is 1. The Morgan fingerprint density at radius 2 is 2.18 bits per heavy atom. The number of hydrogen-bond acceptors (Lipinski definition) is 3. The average Bonchev–Trinajstić information content (AvgIpc) is 2.28. The maximum atomic E-state index is 13.3. The van der Waals surface area contributed by atoms with Crippen molar-refractivity contribution < 1.29 is 9.18 Å². The van der Waals surface area contributed by atoms with Gasteiger partial charge in [-0.3, -0.25) is 4.79 Å². The molecule has 0 fully saturated rings. The Hall–Kier alpha value is -2.09. The summed E-state index contributed by atoms with van der Waals surface area (Å²) in [6.07, 6.45) is 0. The summed E-state index contributed by atoms with van der Waals surface area (Å²) in [5.41, 5.74) is 0.251. The van der Waals surface area contributed by atoms with Crippen LogP contribution in [0.2, 0.25) is 0 Å². The zero-order valence-corrected chi connectivity index (χ0v) is 9.99. The van der Waals surface area contributed by atoms with Crippen molar-refractivity contribution in [1.29, 1.82) is 5.26 Å². The van der Waals surface area contributed by atoms with Gasteiger partial charge in [-0.2, -0.15) is 5.26 Å². The van der Waals surface area contributed by atoms with E-state index in [1.54, 1.807) is 33.2 Å². The molecule has 1 rings (SSSR count). The van der Waals surface area contributed by atoms with Crippen molar-refractivity contribution in [2.24, 2.45) is 0 Å². The molecular formula is C12H14FN3O. The molecule has 0 saturated heterocycles. The Balaban J connectivity index is 2.93. The van der Waals surface area contributed by atoms with Crippen molar-refractivity contribution >= 4 is 11.6 Å². The summed E-state index contributed by atoms with van der Waals surface area (Å²) in [5.74, 6) is -0.736. The first-order valence-corrected chi connectivity index (χ1v) is 5.13. The number of amides is 1. The van der Waals surface area contributed by atoms with Gasteiger partial charge in [0.25, 0.3) is 0 Å². The van der Waals surface area contributed by atoms with Gasteiger partial charge in [-0.25, -0.2) is 4.39 Å². The van der Waals surface area contributed by atoms with Crippen LogP contribution >= 0.6 is 0 Å². The lowest BCUT2D eigenvalue weighted by Gasteiger charge is -2.19. The first-order valence-electron chi connectivity index (χ1n) is 5.13. The second kappa shape index (κ2) is 5.30. The van der Waals surface area contributed by atoms with Crippen LogP contribution in [0.5, 0.6) is 0 Å². The topological polar surface area (TPSA) is 56.1 Å². The summed E-state index contributed by atoms with van der Waals surface area (Å²) < 4.78 is 13.3. The Morgan fingerprint density at radius 3 is 2.71 bits per heavy atom. The summed E-state index contributed by atoms with van der Waals surface area (Å²) in [7, 11) is 3.27. The van der Waals surface area contributed by atoms with Gasteiger partial charge in [0.1, 0.15) is 23.5 Å². The highest BCUT2D eigenvalue weighted by molar-refractivity contribution is 5.84. The summed E-state index contributed by atoms with van der Waals surface area (Å²) in [5, 5.41) is 11.7. The van der Waals surface area contributed by atoms with E-state index < -0.39 is 11.9 Å². The van der Waals surface area contributed by atoms with Crippen molar-refractivity contribution in [3.63, 3.8) is 0 Å². The van der Waals surface area contributed by atoms with Gasteiger partial charge in [-0.05, 0) is 19.1 Å². The van der Waals surface area contributed by atoms with E-state index in [0.29, 0.717) is 5.69 Å². The molecule has 1 aromatic carbocycles. The van der Waals surface area contributed by atoms with E-state index >= 15 is 0 Å². The predicted octanol–water partition coefficient (Wildman–Crippen LogP) is 1.59. The monoisotopic (exact) mass is 235 g/mol. The molecule has 0 spiro atoms. The van der Waals surface area contributed by atoms with E-state index in [9.17, 15) is 9.18 Å². The van der Waals surface area contributed by atoms with Gasteiger partial charge in [0, 0.05) is 14.1 Å². The van der Waals surface area contributed by atoms with Crippen LogP contribution < -0.4 is 5.32 Å². The molecule has 0 aliphatic carbocycles. The van der Waals surface area contributed by atoms with Crippen LogP contribution in [0.4, 0.5) is 10.1 Å². The molecule has 0 aliphatic rings. The van der Waals surface area contributed by atoms with E-state index in [1.807, 2.05) is 0 Å². The molecule has 5 heteroatoms. The molecule has 1 aromatic rings. The number of carbonyl (C=O) groups excluding carboxylic acids is 1. The predicted molar refractivity (Wildman–Crippen MR) is 62.9 cm³/mol. The third-order valence-electron chi connectivity index (χ3n) is 2.31. The summed E-state index contributed by atoms with van der Waals surface area (Å²) in [6, 6.07) is 5.53. The van der Waals surface area contributed by atoms with Crippen molar-refractivity contribution in [2.45, 2.75) is 13.0 Å². The lowest BCUT2D eigenvalue weighted by atomic mass is 10.1. The number of likely N-dealkylation sites (N-methyl/N-ethyl adjacent to an activating group) is 1. The first kappa shape index (κ1) is 13.0. The first-order chi connectivity index (χ1) is 7.97. The molecule has 1 N–H and O–H groups in total. The highest BCUT2D eigenvalue weighted by Gasteiger charge is 2.16. The van der Waals surface area contributed by atoms with Crippen molar-refractivity contribution in [3.8, 4) is 6.07 Å². The largest absolute Gasteiger partial charge is 0.373 e. The molecule has 1 unspecified atom stereocenters. The summed E-state index contributed by atoms with van der Waals surface area (Å²) in [4.78, 5) is 13.1. The standard InChI is InChI=1S/C12H14FN3O/c1-8(12(17)16(2)3)15-11-6-4-5-10(13)9(11)7-14/h4-6,8,15H,1-3H3. The molecule has 90 valence electrons. The minimum atomic E-state index is -0.595. The van der Waals surface area contributed by atoms with Gasteiger partial charge in [0.05, 0.1) is 5.69 Å². The van der Waals surface area contributed by atoms with Crippen LogP contribution in [0.1, 0.15) is 12.5 Å². The van der Waals surface area contributed by atoms with Gasteiger partial charge in [0.15, 0.2) is 0 Å². The van der Waals surface area contributed by atoms with Gasteiger partial charge < -0.3 is 10.2 Å². The van der Waals surface area contributed by atoms with E-state index in [2.05, 4.69) is 5.32 Å². The molecule has 0 bridgehead atoms. The zero-order chi connectivity index (χ0) is 13.0. The van der Waals surface area contributed by atoms with Gasteiger partial charge in [-0.1, -0.05) is 6.07 Å². The highest BCUT2D eigenvalue weighted by atomic mass is 19.1. The van der Waals surface area contributed by atoms with Crippen molar-refractivity contribution in [2.75, 3.05) is 19.4 Å². The Bertz CT molecular complexity index is 465. The number of nitrogens with zero attached hydrogens (tertiary/aromatic N) is 2. The van der Waals surface area contributed by atoms with E-state index in [-0.39, 0.29) is 11.5 Å². The van der Waals surface area contributed by atoms with E-state index in [4.69, 9.17) is 5.26 Å². The minimum Gasteiger partial charge on any atom is -0.373 e. The lowest BCUT2D eigenvalue weighted by molar-refractivity contribution is -0.129. The molecule has 4 nitrogen and oxygen atoms in total. The summed E-state index contributed by atoms with van der Waals surface area (Å²) in [6.45, 7) is 1.66. The quantitative estimate of drug-likeness (QED) is 0.865. The summed E-state index contributed by atoms with van der Waals surface area (Å²) >= 11 is 0. The molecule has 0 saturated carbocycles. The fourth-order valence-corrected chi connectivity index (χ4v) is 1.44. The van der Waals surface area contributed by atoms with Crippen LogP contribution in [0.3, 0.4) is 0 Å². The second-order valence-corrected chi connectivity index (χ2v) is 3.87. The molecule has 0 aromatic heterocycles. The fourth-order valence-electron chi connectivity index (χ4n) is 1.44. The number of benzene rings is 1. The molecule has 1 amide bonds. The third-order valence-corrected chi connectivity index (χ3v) is 2.31. The van der Waals surface area contributed by atoms with Crippen molar-refractivity contribution in [1.82, 2.24) is 4.90 Å². The number of halogens is 1. The van der Waals surface area contributed by atoms with Crippen LogP contribution in [-0.2, 0) is 4.79 Å². The van der Waals surface area contributed by atoms with Crippen LogP contribution in [0.25, 0.3) is 0 Å². The molecule has 0 radical (unpaired) electrons. The van der Waals surface area contributed by atoms with E-state index in [1.165, 1.54) is 17.0 Å². The van der Waals surface area contributed by atoms with Crippen LogP contribution in [0, 0.1) is 17.1 Å². The Morgan fingerprint density at radius 1 is 1.53 bits per heavy atom. The molecule has 1 atom stereocenters. The van der Waals surface area contributed by atoms with Gasteiger partial charge in [0.2, 0.25) is 5.91 Å². The molecule has 17 heavy (non-hydrogen) atoms. The molecule has 0 heterocycles. The minimum absolute atomic E-state index is 0.0779. The number of hydrogen-bond donors (Lipinski definition) is 1. The second-order valence-electron chi connectivity index (χ2n) is 3.87. The smallest absolute Gasteiger partial charge is 0.244 e. The van der Waals surface area contributed by atoms with Crippen LogP contribution in [-0.4, -0.2) is 30.9 Å². The fraction of sp³-hybridized carbons (Fsp3) is 0.333. The normalized spacial score (nSPS) is 11.5. The molecule has 0 aliphatic heterocycles. The number of carbonyl (C=O) groups is 1. The van der Waals surface area contributed by atoms with E-state index in [0.717, 1.165) is 0 Å². The Kier molecular flexibility index (Phi) is 4.05. The zero-order valence-electron chi connectivity index (χ0n) is 9.99. The number of rotatable bonds is 3. The highest BCUT2D eigenvalue weighted by Crippen LogP contribution is 2.18. The SMILES string of the molecule is CC(Nc1cccc(F)c1C#N)C(=O)N(C)C. The third kappa shape index (κ3) is 2.94. The average molecular weight is 235 g/mol. The maximum Gasteiger partial charge on any atom is 0.244 e. The van der Waals surface area contributed by atoms with Crippen molar-refractivity contribution in [3.05, 3.63) is 29.6 Å². The van der Waals surface area contributed by atoms with Crippen LogP contribution in [0.15, 0.2) is 18.2 Å². The lowest BCUT2D eigenvalue weighted by Crippen LogP contribution is -2.36. The number of nitriles is 1. The van der Waals surface area contributed by atoms with Gasteiger partial charge in [-0.15, -0.1) is 0 Å².